The van der Waals surface area contributed by atoms with Crippen molar-refractivity contribution in [1.29, 1.82) is 0 Å². The molecular weight excluding hydrogens is 191 g/mol. The summed E-state index contributed by atoms with van der Waals surface area (Å²) in [5.74, 6) is -0.155. The molecule has 0 radical (unpaired) electrons. The largest absolute Gasteiger partial charge is 0.377 e. The van der Waals surface area contributed by atoms with Gasteiger partial charge in [-0.2, -0.15) is 0 Å². The lowest BCUT2D eigenvalue weighted by Crippen LogP contribution is -2.27. The number of benzene rings is 1. The SMILES string of the molecule is CNC1(c2cc(F)ccc2N(C)C)CC1. The molecule has 1 aliphatic carbocycles. The second-order valence-electron chi connectivity index (χ2n) is 4.39. The highest BCUT2D eigenvalue weighted by Crippen LogP contribution is 2.48. The van der Waals surface area contributed by atoms with E-state index in [0.717, 1.165) is 24.1 Å². The van der Waals surface area contributed by atoms with Gasteiger partial charge in [-0.15, -0.1) is 0 Å². The van der Waals surface area contributed by atoms with Gasteiger partial charge in [0.2, 0.25) is 0 Å². The lowest BCUT2D eigenvalue weighted by molar-refractivity contribution is 0.571. The minimum atomic E-state index is -0.155. The molecule has 1 N–H and O–H groups in total. The summed E-state index contributed by atoms with van der Waals surface area (Å²) in [5.41, 5.74) is 2.19. The van der Waals surface area contributed by atoms with Crippen LogP contribution >= 0.6 is 0 Å². The highest BCUT2D eigenvalue weighted by Gasteiger charge is 2.44. The monoisotopic (exact) mass is 208 g/mol. The summed E-state index contributed by atoms with van der Waals surface area (Å²) < 4.78 is 13.3. The number of hydrogen-bond donors (Lipinski definition) is 1. The second kappa shape index (κ2) is 3.49. The van der Waals surface area contributed by atoms with Crippen LogP contribution in [0.15, 0.2) is 18.2 Å². The Morgan fingerprint density at radius 3 is 2.47 bits per heavy atom. The van der Waals surface area contributed by atoms with Gasteiger partial charge in [-0.25, -0.2) is 4.39 Å². The Kier molecular flexibility index (Phi) is 2.43. The molecule has 0 spiro atoms. The molecule has 2 rings (SSSR count). The van der Waals surface area contributed by atoms with Crippen LogP contribution < -0.4 is 10.2 Å². The minimum absolute atomic E-state index is 0.0156. The molecule has 1 aromatic rings. The molecule has 1 aromatic carbocycles. The highest BCUT2D eigenvalue weighted by molar-refractivity contribution is 5.57. The van der Waals surface area contributed by atoms with Crippen molar-refractivity contribution in [3.8, 4) is 0 Å². The lowest BCUT2D eigenvalue weighted by Gasteiger charge is -2.23. The molecule has 0 heterocycles. The zero-order valence-corrected chi connectivity index (χ0v) is 9.47. The van der Waals surface area contributed by atoms with Crippen molar-refractivity contribution in [2.45, 2.75) is 18.4 Å². The third kappa shape index (κ3) is 1.72. The number of nitrogens with one attached hydrogen (secondary N) is 1. The van der Waals surface area contributed by atoms with Gasteiger partial charge in [0.05, 0.1) is 0 Å². The van der Waals surface area contributed by atoms with Gasteiger partial charge in [0.15, 0.2) is 0 Å². The van der Waals surface area contributed by atoms with Crippen LogP contribution in [0.2, 0.25) is 0 Å². The fourth-order valence-electron chi connectivity index (χ4n) is 2.06. The fraction of sp³-hybridized carbons (Fsp3) is 0.500. The summed E-state index contributed by atoms with van der Waals surface area (Å²) in [5, 5.41) is 3.30. The maximum atomic E-state index is 13.3. The fourth-order valence-corrected chi connectivity index (χ4v) is 2.06. The van der Waals surface area contributed by atoms with Gasteiger partial charge in [-0.1, -0.05) is 0 Å². The van der Waals surface area contributed by atoms with Crippen molar-refractivity contribution in [2.75, 3.05) is 26.0 Å². The first-order valence-corrected chi connectivity index (χ1v) is 5.25. The van der Waals surface area contributed by atoms with E-state index in [1.54, 1.807) is 6.07 Å². The van der Waals surface area contributed by atoms with Crippen LogP contribution in [0, 0.1) is 5.82 Å². The Morgan fingerprint density at radius 1 is 1.33 bits per heavy atom. The topological polar surface area (TPSA) is 15.3 Å². The molecule has 0 bridgehead atoms. The summed E-state index contributed by atoms with van der Waals surface area (Å²) in [6.45, 7) is 0. The van der Waals surface area contributed by atoms with Gasteiger partial charge in [0, 0.05) is 25.3 Å². The first kappa shape index (κ1) is 10.4. The van der Waals surface area contributed by atoms with Gasteiger partial charge < -0.3 is 10.2 Å². The van der Waals surface area contributed by atoms with E-state index in [4.69, 9.17) is 0 Å². The molecule has 0 aromatic heterocycles. The van der Waals surface area contributed by atoms with E-state index >= 15 is 0 Å². The van der Waals surface area contributed by atoms with E-state index in [1.165, 1.54) is 6.07 Å². The number of halogens is 1. The van der Waals surface area contributed by atoms with Crippen molar-refractivity contribution in [3.05, 3.63) is 29.6 Å². The number of nitrogens with zero attached hydrogens (tertiary/aromatic N) is 1. The second-order valence-corrected chi connectivity index (χ2v) is 4.39. The van der Waals surface area contributed by atoms with E-state index in [2.05, 4.69) is 5.32 Å². The maximum Gasteiger partial charge on any atom is 0.123 e. The standard InChI is InChI=1S/C12H17FN2/c1-14-12(6-7-12)10-8-9(13)4-5-11(10)15(2)3/h4-5,8,14H,6-7H2,1-3H3. The van der Waals surface area contributed by atoms with Crippen LogP contribution in [-0.2, 0) is 5.54 Å². The third-order valence-electron chi connectivity index (χ3n) is 3.18. The molecule has 0 amide bonds. The van der Waals surface area contributed by atoms with Gasteiger partial charge in [0.25, 0.3) is 0 Å². The normalized spacial score (nSPS) is 17.6. The van der Waals surface area contributed by atoms with E-state index in [9.17, 15) is 4.39 Å². The summed E-state index contributed by atoms with van der Waals surface area (Å²) in [6, 6.07) is 5.02. The number of anilines is 1. The Balaban J connectivity index is 2.48. The predicted molar refractivity (Wildman–Crippen MR) is 60.7 cm³/mol. The van der Waals surface area contributed by atoms with E-state index in [1.807, 2.05) is 32.1 Å². The third-order valence-corrected chi connectivity index (χ3v) is 3.18. The smallest absolute Gasteiger partial charge is 0.123 e. The van der Waals surface area contributed by atoms with Crippen LogP contribution in [-0.4, -0.2) is 21.1 Å². The lowest BCUT2D eigenvalue weighted by atomic mass is 10.0. The van der Waals surface area contributed by atoms with Gasteiger partial charge >= 0.3 is 0 Å². The van der Waals surface area contributed by atoms with Crippen molar-refractivity contribution < 1.29 is 4.39 Å². The zero-order chi connectivity index (χ0) is 11.1. The Hall–Kier alpha value is -1.09. The molecule has 0 saturated heterocycles. The molecule has 82 valence electrons. The van der Waals surface area contributed by atoms with Crippen molar-refractivity contribution in [1.82, 2.24) is 5.32 Å². The first-order chi connectivity index (χ1) is 7.09. The molecule has 0 atom stereocenters. The summed E-state index contributed by atoms with van der Waals surface area (Å²) >= 11 is 0. The molecular formula is C12H17FN2. The zero-order valence-electron chi connectivity index (χ0n) is 9.47. The van der Waals surface area contributed by atoms with E-state index in [-0.39, 0.29) is 11.4 Å². The Morgan fingerprint density at radius 2 is 2.00 bits per heavy atom. The summed E-state index contributed by atoms with van der Waals surface area (Å²) in [6.07, 6.45) is 2.18. The van der Waals surface area contributed by atoms with Crippen LogP contribution in [0.4, 0.5) is 10.1 Å². The van der Waals surface area contributed by atoms with E-state index < -0.39 is 0 Å². The van der Waals surface area contributed by atoms with Crippen molar-refractivity contribution in [2.24, 2.45) is 0 Å². The Bertz CT molecular complexity index is 370. The molecule has 0 unspecified atom stereocenters. The average Bonchev–Trinajstić information content (AvgIpc) is 2.97. The quantitative estimate of drug-likeness (QED) is 0.818. The van der Waals surface area contributed by atoms with Crippen LogP contribution in [0.5, 0.6) is 0 Å². The van der Waals surface area contributed by atoms with Crippen LogP contribution in [0.1, 0.15) is 18.4 Å². The van der Waals surface area contributed by atoms with Crippen LogP contribution in [0.25, 0.3) is 0 Å². The minimum Gasteiger partial charge on any atom is -0.377 e. The maximum absolute atomic E-state index is 13.3. The molecule has 15 heavy (non-hydrogen) atoms. The van der Waals surface area contributed by atoms with Crippen molar-refractivity contribution >= 4 is 5.69 Å². The molecule has 2 nitrogen and oxygen atoms in total. The molecule has 3 heteroatoms. The molecule has 1 saturated carbocycles. The van der Waals surface area contributed by atoms with E-state index in [0.29, 0.717) is 0 Å². The van der Waals surface area contributed by atoms with Crippen molar-refractivity contribution in [3.63, 3.8) is 0 Å². The van der Waals surface area contributed by atoms with Crippen LogP contribution in [0.3, 0.4) is 0 Å². The summed E-state index contributed by atoms with van der Waals surface area (Å²) in [4.78, 5) is 2.03. The predicted octanol–water partition coefficient (Wildman–Crippen LogP) is 2.10. The summed E-state index contributed by atoms with van der Waals surface area (Å²) in [7, 11) is 5.92. The molecule has 0 aliphatic heterocycles. The number of rotatable bonds is 3. The average molecular weight is 208 g/mol. The Labute approximate surface area is 90.1 Å². The molecule has 1 fully saturated rings. The number of hydrogen-bond acceptors (Lipinski definition) is 2. The van der Waals surface area contributed by atoms with Gasteiger partial charge in [-0.05, 0) is 43.7 Å². The van der Waals surface area contributed by atoms with Gasteiger partial charge in [0.1, 0.15) is 5.82 Å². The van der Waals surface area contributed by atoms with Gasteiger partial charge in [-0.3, -0.25) is 0 Å². The first-order valence-electron chi connectivity index (χ1n) is 5.25. The molecule has 1 aliphatic rings. The highest BCUT2D eigenvalue weighted by atomic mass is 19.1.